The number of rotatable bonds is 2. The van der Waals surface area contributed by atoms with Crippen LogP contribution in [0.15, 0.2) is 42.5 Å². The van der Waals surface area contributed by atoms with E-state index in [1.54, 1.807) is 0 Å². The van der Waals surface area contributed by atoms with Crippen LogP contribution in [0.25, 0.3) is 0 Å². The predicted octanol–water partition coefficient (Wildman–Crippen LogP) is 3.73. The first kappa shape index (κ1) is 10.4. The maximum absolute atomic E-state index is 5.88. The minimum Gasteiger partial charge on any atom is -0.373 e. The Labute approximate surface area is 91.8 Å². The van der Waals surface area contributed by atoms with Crippen molar-refractivity contribution in [3.05, 3.63) is 48.0 Å². The first-order valence-electron chi connectivity index (χ1n) is 5.61. The monoisotopic (exact) mass is 202 g/mol. The zero-order chi connectivity index (χ0) is 10.7. The van der Waals surface area contributed by atoms with E-state index in [9.17, 15) is 0 Å². The van der Waals surface area contributed by atoms with Crippen LogP contribution in [-0.4, -0.2) is 6.61 Å². The Hall–Kier alpha value is -1.08. The Balaban J connectivity index is 2.22. The maximum Gasteiger partial charge on any atom is 0.0889 e. The molecule has 1 saturated heterocycles. The van der Waals surface area contributed by atoms with Gasteiger partial charge in [-0.1, -0.05) is 42.5 Å². The molecule has 0 aliphatic carbocycles. The third-order valence-corrected chi connectivity index (χ3v) is 3.08. The van der Waals surface area contributed by atoms with Gasteiger partial charge in [-0.2, -0.15) is 0 Å². The summed E-state index contributed by atoms with van der Waals surface area (Å²) in [5.41, 5.74) is 2.52. The van der Waals surface area contributed by atoms with Crippen LogP contribution in [0.2, 0.25) is 0 Å². The van der Waals surface area contributed by atoms with E-state index in [-0.39, 0.29) is 6.10 Å². The number of hydrogen-bond donors (Lipinski definition) is 0. The van der Waals surface area contributed by atoms with Gasteiger partial charge in [-0.15, -0.1) is 0 Å². The van der Waals surface area contributed by atoms with Gasteiger partial charge in [-0.05, 0) is 25.3 Å². The summed E-state index contributed by atoms with van der Waals surface area (Å²) in [7, 11) is 0. The van der Waals surface area contributed by atoms with E-state index >= 15 is 0 Å². The molecule has 0 saturated carbocycles. The average Bonchev–Trinajstić information content (AvgIpc) is 2.30. The van der Waals surface area contributed by atoms with E-state index < -0.39 is 0 Å². The molecule has 0 radical (unpaired) electrons. The van der Waals surface area contributed by atoms with E-state index in [2.05, 4.69) is 37.8 Å². The van der Waals surface area contributed by atoms with Gasteiger partial charge in [0, 0.05) is 12.5 Å². The molecule has 1 aliphatic heterocycles. The summed E-state index contributed by atoms with van der Waals surface area (Å²) in [6.07, 6.45) is 2.58. The van der Waals surface area contributed by atoms with Gasteiger partial charge in [-0.3, -0.25) is 0 Å². The molecule has 15 heavy (non-hydrogen) atoms. The molecular formula is C14H18O. The Morgan fingerprint density at radius 3 is 2.73 bits per heavy atom. The lowest BCUT2D eigenvalue weighted by Gasteiger charge is -2.32. The van der Waals surface area contributed by atoms with Crippen molar-refractivity contribution < 1.29 is 4.74 Å². The second kappa shape index (κ2) is 4.63. The molecule has 0 spiro atoms. The van der Waals surface area contributed by atoms with Crippen LogP contribution < -0.4 is 0 Å². The van der Waals surface area contributed by atoms with Crippen molar-refractivity contribution in [1.29, 1.82) is 0 Å². The van der Waals surface area contributed by atoms with Crippen molar-refractivity contribution in [1.82, 2.24) is 0 Å². The van der Waals surface area contributed by atoms with E-state index in [4.69, 9.17) is 4.74 Å². The molecule has 1 nitrogen and oxygen atoms in total. The summed E-state index contributed by atoms with van der Waals surface area (Å²) in [4.78, 5) is 0. The topological polar surface area (TPSA) is 9.23 Å². The van der Waals surface area contributed by atoms with Crippen LogP contribution in [0, 0.1) is 5.92 Å². The number of hydrogen-bond acceptors (Lipinski definition) is 1. The molecule has 0 amide bonds. The highest BCUT2D eigenvalue weighted by Crippen LogP contribution is 2.37. The van der Waals surface area contributed by atoms with Crippen molar-refractivity contribution in [2.45, 2.75) is 25.9 Å². The Morgan fingerprint density at radius 2 is 2.07 bits per heavy atom. The maximum atomic E-state index is 5.88. The fraction of sp³-hybridized carbons (Fsp3) is 0.429. The summed E-state index contributed by atoms with van der Waals surface area (Å²) in [5, 5.41) is 0. The van der Waals surface area contributed by atoms with Crippen molar-refractivity contribution in [2.75, 3.05) is 6.61 Å². The molecule has 0 unspecified atom stereocenters. The summed E-state index contributed by atoms with van der Waals surface area (Å²) < 4.78 is 5.88. The van der Waals surface area contributed by atoms with Crippen LogP contribution in [0.5, 0.6) is 0 Å². The largest absolute Gasteiger partial charge is 0.373 e. The van der Waals surface area contributed by atoms with Crippen LogP contribution in [0.1, 0.15) is 31.4 Å². The minimum absolute atomic E-state index is 0.220. The van der Waals surface area contributed by atoms with Crippen LogP contribution in [0.3, 0.4) is 0 Å². The normalized spacial score (nSPS) is 26.2. The summed E-state index contributed by atoms with van der Waals surface area (Å²) >= 11 is 0. The number of benzene rings is 1. The minimum atomic E-state index is 0.220. The quantitative estimate of drug-likeness (QED) is 0.664. The molecule has 1 aromatic carbocycles. The van der Waals surface area contributed by atoms with Crippen molar-refractivity contribution in [3.63, 3.8) is 0 Å². The summed E-state index contributed by atoms with van der Waals surface area (Å²) in [6, 6.07) is 10.5. The zero-order valence-corrected chi connectivity index (χ0v) is 9.28. The van der Waals surface area contributed by atoms with E-state index in [1.807, 2.05) is 6.07 Å². The van der Waals surface area contributed by atoms with E-state index in [1.165, 1.54) is 17.6 Å². The van der Waals surface area contributed by atoms with Crippen molar-refractivity contribution >= 4 is 0 Å². The molecule has 2 atom stereocenters. The Kier molecular flexibility index (Phi) is 3.22. The first-order chi connectivity index (χ1) is 7.29. The summed E-state index contributed by atoms with van der Waals surface area (Å²) in [6.45, 7) is 7.06. The lowest BCUT2D eigenvalue weighted by molar-refractivity contribution is -0.0160. The molecule has 0 N–H and O–H groups in total. The van der Waals surface area contributed by atoms with Gasteiger partial charge in [0.2, 0.25) is 0 Å². The van der Waals surface area contributed by atoms with Gasteiger partial charge in [0.1, 0.15) is 0 Å². The van der Waals surface area contributed by atoms with E-state index in [0.29, 0.717) is 5.92 Å². The van der Waals surface area contributed by atoms with Gasteiger partial charge in [0.05, 0.1) is 6.10 Å². The highest BCUT2D eigenvalue weighted by molar-refractivity contribution is 5.21. The van der Waals surface area contributed by atoms with Gasteiger partial charge in [0.25, 0.3) is 0 Å². The highest BCUT2D eigenvalue weighted by atomic mass is 16.5. The molecule has 0 bridgehead atoms. The molecular weight excluding hydrogens is 184 g/mol. The van der Waals surface area contributed by atoms with E-state index in [0.717, 1.165) is 13.0 Å². The molecule has 1 heterocycles. The first-order valence-corrected chi connectivity index (χ1v) is 5.61. The van der Waals surface area contributed by atoms with Gasteiger partial charge >= 0.3 is 0 Å². The van der Waals surface area contributed by atoms with Crippen LogP contribution in [0.4, 0.5) is 0 Å². The zero-order valence-electron chi connectivity index (χ0n) is 9.28. The molecule has 1 aromatic rings. The third kappa shape index (κ3) is 2.29. The highest BCUT2D eigenvalue weighted by Gasteiger charge is 2.27. The number of ether oxygens (including phenoxy) is 1. The SMILES string of the molecule is C=C(C)[C@@H]1CCCO[C@H]1c1ccccc1. The molecule has 2 rings (SSSR count). The summed E-state index contributed by atoms with van der Waals surface area (Å²) in [5.74, 6) is 0.487. The van der Waals surface area contributed by atoms with Gasteiger partial charge in [0.15, 0.2) is 0 Å². The molecule has 1 aliphatic rings. The average molecular weight is 202 g/mol. The fourth-order valence-electron chi connectivity index (χ4n) is 2.26. The third-order valence-electron chi connectivity index (χ3n) is 3.08. The van der Waals surface area contributed by atoms with Crippen LogP contribution >= 0.6 is 0 Å². The smallest absolute Gasteiger partial charge is 0.0889 e. The lowest BCUT2D eigenvalue weighted by atomic mass is 9.85. The molecule has 1 heteroatoms. The Morgan fingerprint density at radius 1 is 1.33 bits per heavy atom. The fourth-order valence-corrected chi connectivity index (χ4v) is 2.26. The van der Waals surface area contributed by atoms with Crippen molar-refractivity contribution in [3.8, 4) is 0 Å². The second-order valence-corrected chi connectivity index (χ2v) is 4.30. The van der Waals surface area contributed by atoms with Crippen LogP contribution in [-0.2, 0) is 4.74 Å². The Bertz CT molecular complexity index is 328. The molecule has 80 valence electrons. The standard InChI is InChI=1S/C14H18O/c1-11(2)13-9-6-10-15-14(13)12-7-4-3-5-8-12/h3-5,7-8,13-14H,1,6,9-10H2,2H3/t13-,14-/m0/s1. The predicted molar refractivity (Wildman–Crippen MR) is 62.7 cm³/mol. The van der Waals surface area contributed by atoms with Gasteiger partial charge < -0.3 is 4.74 Å². The molecule has 0 aromatic heterocycles. The molecule has 1 fully saturated rings. The van der Waals surface area contributed by atoms with Crippen molar-refractivity contribution in [2.24, 2.45) is 5.92 Å². The second-order valence-electron chi connectivity index (χ2n) is 4.30. The lowest BCUT2D eigenvalue weighted by Crippen LogP contribution is -2.23. The van der Waals surface area contributed by atoms with Gasteiger partial charge in [-0.25, -0.2) is 0 Å².